The largest absolute Gasteiger partial charge is 0.357 e. The lowest BCUT2D eigenvalue weighted by Gasteiger charge is -2.33. The average Bonchev–Trinajstić information content (AvgIpc) is 2.93. The Morgan fingerprint density at radius 1 is 0.872 bits per heavy atom. The Bertz CT molecular complexity index is 1570. The minimum absolute atomic E-state index is 0.121. The number of halogens is 1. The van der Waals surface area contributed by atoms with Crippen LogP contribution >= 0.6 is 15.9 Å². The molecule has 0 saturated heterocycles. The Balaban J connectivity index is 1.77. The standard InChI is InChI=1S/C30H30BrN3O4S/c1-32-30(36)28(19-22-10-4-3-5-11-22)33(20-23-12-8-15-25(31)18-23)29(35)21-34(39(2,37)38)27-17-9-14-24-13-6-7-16-26(24)27/h3-18,28H,19-21H2,1-2H3,(H,32,36). The molecule has 0 aromatic heterocycles. The number of fused-ring (bicyclic) bond motifs is 1. The highest BCUT2D eigenvalue weighted by atomic mass is 79.9. The lowest BCUT2D eigenvalue weighted by molar-refractivity contribution is -0.139. The third kappa shape index (κ3) is 7.04. The smallest absolute Gasteiger partial charge is 0.244 e. The second-order valence-corrected chi connectivity index (χ2v) is 12.1. The second kappa shape index (κ2) is 12.4. The monoisotopic (exact) mass is 607 g/mol. The van der Waals surface area contributed by atoms with E-state index in [1.807, 2.05) is 84.9 Å². The maximum absolute atomic E-state index is 14.1. The molecule has 0 bridgehead atoms. The van der Waals surface area contributed by atoms with Gasteiger partial charge in [-0.3, -0.25) is 13.9 Å². The van der Waals surface area contributed by atoms with Crippen LogP contribution in [-0.2, 0) is 32.6 Å². The van der Waals surface area contributed by atoms with Gasteiger partial charge >= 0.3 is 0 Å². The van der Waals surface area contributed by atoms with Crippen molar-refractivity contribution in [3.05, 3.63) is 113 Å². The molecule has 4 rings (SSSR count). The van der Waals surface area contributed by atoms with E-state index in [9.17, 15) is 18.0 Å². The average molecular weight is 609 g/mol. The second-order valence-electron chi connectivity index (χ2n) is 9.24. The minimum atomic E-state index is -3.85. The van der Waals surface area contributed by atoms with Crippen molar-refractivity contribution in [2.45, 2.75) is 19.0 Å². The first-order valence-electron chi connectivity index (χ1n) is 12.4. The molecule has 0 aliphatic heterocycles. The van der Waals surface area contributed by atoms with Crippen LogP contribution in [0.5, 0.6) is 0 Å². The summed E-state index contributed by atoms with van der Waals surface area (Å²) < 4.78 is 28.1. The van der Waals surface area contributed by atoms with Crippen molar-refractivity contribution < 1.29 is 18.0 Å². The zero-order valence-corrected chi connectivity index (χ0v) is 24.2. The summed E-state index contributed by atoms with van der Waals surface area (Å²) in [4.78, 5) is 28.7. The Labute approximate surface area is 237 Å². The van der Waals surface area contributed by atoms with Gasteiger partial charge in [-0.25, -0.2) is 8.42 Å². The number of amides is 2. The van der Waals surface area contributed by atoms with Crippen LogP contribution in [0.15, 0.2) is 102 Å². The van der Waals surface area contributed by atoms with Gasteiger partial charge < -0.3 is 10.2 Å². The molecule has 4 aromatic carbocycles. The van der Waals surface area contributed by atoms with Gasteiger partial charge in [0.25, 0.3) is 0 Å². The van der Waals surface area contributed by atoms with E-state index < -0.39 is 28.5 Å². The van der Waals surface area contributed by atoms with Crippen LogP contribution in [0.25, 0.3) is 10.8 Å². The predicted octanol–water partition coefficient (Wildman–Crippen LogP) is 4.75. The molecule has 4 aromatic rings. The normalized spacial score (nSPS) is 12.1. The van der Waals surface area contributed by atoms with Crippen molar-refractivity contribution in [3.8, 4) is 0 Å². The van der Waals surface area contributed by atoms with Crippen LogP contribution in [0.1, 0.15) is 11.1 Å². The Morgan fingerprint density at radius 2 is 1.51 bits per heavy atom. The van der Waals surface area contributed by atoms with Crippen LogP contribution in [0, 0.1) is 0 Å². The molecular weight excluding hydrogens is 578 g/mol. The highest BCUT2D eigenvalue weighted by Gasteiger charge is 2.33. The quantitative estimate of drug-likeness (QED) is 0.282. The van der Waals surface area contributed by atoms with Gasteiger partial charge in [-0.15, -0.1) is 0 Å². The van der Waals surface area contributed by atoms with Gasteiger partial charge in [0.05, 0.1) is 11.9 Å². The van der Waals surface area contributed by atoms with Crippen LogP contribution in [0.2, 0.25) is 0 Å². The van der Waals surface area contributed by atoms with Crippen molar-refractivity contribution >= 4 is 54.2 Å². The van der Waals surface area contributed by atoms with E-state index in [1.54, 1.807) is 12.1 Å². The van der Waals surface area contributed by atoms with Crippen LogP contribution < -0.4 is 9.62 Å². The van der Waals surface area contributed by atoms with Crippen LogP contribution in [-0.4, -0.2) is 51.0 Å². The maximum Gasteiger partial charge on any atom is 0.244 e. The zero-order chi connectivity index (χ0) is 28.0. The first kappa shape index (κ1) is 28.3. The first-order chi connectivity index (χ1) is 18.7. The molecule has 39 heavy (non-hydrogen) atoms. The lowest BCUT2D eigenvalue weighted by atomic mass is 10.0. The molecule has 0 spiro atoms. The molecule has 0 heterocycles. The topological polar surface area (TPSA) is 86.8 Å². The van der Waals surface area contributed by atoms with E-state index in [2.05, 4.69) is 21.2 Å². The molecule has 0 aliphatic carbocycles. The summed E-state index contributed by atoms with van der Waals surface area (Å²) in [6, 6.07) is 28.8. The molecular formula is C30H30BrN3O4S. The fourth-order valence-electron chi connectivity index (χ4n) is 4.57. The zero-order valence-electron chi connectivity index (χ0n) is 21.7. The lowest BCUT2D eigenvalue weighted by Crippen LogP contribution is -2.52. The molecule has 7 nitrogen and oxygen atoms in total. The number of likely N-dealkylation sites (N-methyl/N-ethyl adjacent to an activating group) is 1. The number of carbonyl (C=O) groups is 2. The molecule has 0 saturated carbocycles. The van der Waals surface area contributed by atoms with Crippen LogP contribution in [0.4, 0.5) is 5.69 Å². The van der Waals surface area contributed by atoms with Gasteiger partial charge in [-0.1, -0.05) is 94.8 Å². The maximum atomic E-state index is 14.1. The van der Waals surface area contributed by atoms with Crippen molar-refractivity contribution in [2.24, 2.45) is 0 Å². The number of anilines is 1. The Morgan fingerprint density at radius 3 is 2.21 bits per heavy atom. The molecule has 1 N–H and O–H groups in total. The van der Waals surface area contributed by atoms with Gasteiger partial charge in [0.1, 0.15) is 12.6 Å². The van der Waals surface area contributed by atoms with Gasteiger partial charge in [0, 0.05) is 29.9 Å². The molecule has 2 amide bonds. The summed E-state index contributed by atoms with van der Waals surface area (Å²) in [5.41, 5.74) is 2.09. The van der Waals surface area contributed by atoms with E-state index in [1.165, 1.54) is 11.9 Å². The summed E-state index contributed by atoms with van der Waals surface area (Å²) in [5, 5.41) is 4.25. The van der Waals surface area contributed by atoms with Crippen molar-refractivity contribution in [1.29, 1.82) is 0 Å². The number of benzene rings is 4. The van der Waals surface area contributed by atoms with Gasteiger partial charge in [-0.05, 0) is 34.7 Å². The van der Waals surface area contributed by atoms with E-state index >= 15 is 0 Å². The SMILES string of the molecule is CNC(=O)C(Cc1ccccc1)N(Cc1cccc(Br)c1)C(=O)CN(c1cccc2ccccc12)S(C)(=O)=O. The Kier molecular flexibility index (Phi) is 9.04. The first-order valence-corrected chi connectivity index (χ1v) is 15.1. The van der Waals surface area contributed by atoms with E-state index in [0.29, 0.717) is 11.1 Å². The van der Waals surface area contributed by atoms with E-state index in [4.69, 9.17) is 0 Å². The molecule has 0 radical (unpaired) electrons. The molecule has 1 atom stereocenters. The molecule has 0 aliphatic rings. The van der Waals surface area contributed by atoms with Crippen molar-refractivity contribution in [3.63, 3.8) is 0 Å². The highest BCUT2D eigenvalue weighted by molar-refractivity contribution is 9.10. The Hall–Kier alpha value is -3.69. The van der Waals surface area contributed by atoms with Crippen LogP contribution in [0.3, 0.4) is 0 Å². The number of sulfonamides is 1. The van der Waals surface area contributed by atoms with Gasteiger partial charge in [0.15, 0.2) is 0 Å². The third-order valence-corrected chi connectivity index (χ3v) is 8.09. The minimum Gasteiger partial charge on any atom is -0.357 e. The third-order valence-electron chi connectivity index (χ3n) is 6.47. The fraction of sp³-hybridized carbons (Fsp3) is 0.200. The summed E-state index contributed by atoms with van der Waals surface area (Å²) in [7, 11) is -2.32. The van der Waals surface area contributed by atoms with Gasteiger partial charge in [-0.2, -0.15) is 0 Å². The predicted molar refractivity (Wildman–Crippen MR) is 159 cm³/mol. The number of hydrogen-bond donors (Lipinski definition) is 1. The van der Waals surface area contributed by atoms with E-state index in [0.717, 1.165) is 31.5 Å². The number of hydrogen-bond acceptors (Lipinski definition) is 4. The van der Waals surface area contributed by atoms with Crippen molar-refractivity contribution in [1.82, 2.24) is 10.2 Å². The number of nitrogens with one attached hydrogen (secondary N) is 1. The molecule has 0 fully saturated rings. The summed E-state index contributed by atoms with van der Waals surface area (Å²) in [5.74, 6) is -0.823. The van der Waals surface area contributed by atoms with E-state index in [-0.39, 0.29) is 18.9 Å². The number of rotatable bonds is 10. The molecule has 9 heteroatoms. The number of carbonyl (C=O) groups excluding carboxylic acids is 2. The van der Waals surface area contributed by atoms with Crippen molar-refractivity contribution in [2.75, 3.05) is 24.2 Å². The molecule has 202 valence electrons. The number of nitrogens with zero attached hydrogens (tertiary/aromatic N) is 2. The fourth-order valence-corrected chi connectivity index (χ4v) is 5.88. The highest BCUT2D eigenvalue weighted by Crippen LogP contribution is 2.29. The summed E-state index contributed by atoms with van der Waals surface area (Å²) in [6.45, 7) is -0.334. The van der Waals surface area contributed by atoms with Gasteiger partial charge in [0.2, 0.25) is 21.8 Å². The molecule has 1 unspecified atom stereocenters. The summed E-state index contributed by atoms with van der Waals surface area (Å²) >= 11 is 3.47. The summed E-state index contributed by atoms with van der Waals surface area (Å²) in [6.07, 6.45) is 1.36.